The summed E-state index contributed by atoms with van der Waals surface area (Å²) in [6, 6.07) is 12.2. The predicted octanol–water partition coefficient (Wildman–Crippen LogP) is 4.94. The van der Waals surface area contributed by atoms with Crippen LogP contribution in [0.1, 0.15) is 0 Å². The van der Waals surface area contributed by atoms with Crippen molar-refractivity contribution in [3.63, 3.8) is 0 Å². The fourth-order valence-corrected chi connectivity index (χ4v) is 4.00. The van der Waals surface area contributed by atoms with Gasteiger partial charge in [-0.3, -0.25) is 0 Å². The van der Waals surface area contributed by atoms with Crippen molar-refractivity contribution in [2.24, 2.45) is 0 Å². The molecule has 0 spiro atoms. The summed E-state index contributed by atoms with van der Waals surface area (Å²) >= 11 is 3.33. The Morgan fingerprint density at radius 1 is 0.963 bits per heavy atom. The van der Waals surface area contributed by atoms with Crippen molar-refractivity contribution >= 4 is 45.1 Å². The molecular formula is C21H22O4S2. The lowest BCUT2D eigenvalue weighted by atomic mass is 10.0. The first-order chi connectivity index (χ1) is 13.2. The molecule has 3 aromatic carbocycles. The van der Waals surface area contributed by atoms with Crippen LogP contribution in [0, 0.1) is 0 Å². The lowest BCUT2D eigenvalue weighted by molar-refractivity contribution is 0.0887. The summed E-state index contributed by atoms with van der Waals surface area (Å²) < 4.78 is 16.9. The highest BCUT2D eigenvalue weighted by molar-refractivity contribution is 7.98. The van der Waals surface area contributed by atoms with Crippen molar-refractivity contribution in [1.82, 2.24) is 0 Å². The number of phenols is 1. The molecule has 4 rings (SSSR count). The Hall–Kier alpha value is -1.60. The summed E-state index contributed by atoms with van der Waals surface area (Å²) in [5.41, 5.74) is 0. The Morgan fingerprint density at radius 2 is 1.63 bits per heavy atom. The van der Waals surface area contributed by atoms with Gasteiger partial charge in [0, 0.05) is 31.3 Å². The molecule has 1 unspecified atom stereocenters. The van der Waals surface area contributed by atoms with Crippen LogP contribution in [0.3, 0.4) is 0 Å². The number of epoxide rings is 1. The average molecular weight is 403 g/mol. The standard InChI is InChI=1S/C21H22O4S2/c1-26-14-4-6-17-18(9-14)20(22)16-5-3-15(27-2)10-19(16)21(17)24-8-7-23-11-13-12-25-13/h3-6,9-10,13,22H,7-8,11-12H2,1-2H3. The molecule has 0 aliphatic carbocycles. The summed E-state index contributed by atoms with van der Waals surface area (Å²) in [4.78, 5) is 2.24. The molecule has 0 saturated carbocycles. The predicted molar refractivity (Wildman–Crippen MR) is 113 cm³/mol. The van der Waals surface area contributed by atoms with Crippen LogP contribution in [-0.4, -0.2) is 50.1 Å². The maximum atomic E-state index is 10.9. The topological polar surface area (TPSA) is 51.2 Å². The minimum absolute atomic E-state index is 0.259. The molecular weight excluding hydrogens is 380 g/mol. The van der Waals surface area contributed by atoms with Gasteiger partial charge in [0.15, 0.2) is 0 Å². The highest BCUT2D eigenvalue weighted by Gasteiger charge is 2.22. The Labute approximate surface area is 167 Å². The maximum Gasteiger partial charge on any atom is 0.135 e. The first kappa shape index (κ1) is 18.7. The van der Waals surface area contributed by atoms with Gasteiger partial charge in [0.2, 0.25) is 0 Å². The number of aromatic hydroxyl groups is 1. The van der Waals surface area contributed by atoms with Crippen LogP contribution in [-0.2, 0) is 9.47 Å². The van der Waals surface area contributed by atoms with Gasteiger partial charge in [0.1, 0.15) is 24.2 Å². The number of fused-ring (bicyclic) bond motifs is 2. The van der Waals surface area contributed by atoms with Gasteiger partial charge < -0.3 is 19.3 Å². The highest BCUT2D eigenvalue weighted by Crippen LogP contribution is 2.44. The van der Waals surface area contributed by atoms with Crippen LogP contribution < -0.4 is 4.74 Å². The number of hydrogen-bond donors (Lipinski definition) is 1. The monoisotopic (exact) mass is 402 g/mol. The van der Waals surface area contributed by atoms with E-state index < -0.39 is 0 Å². The minimum atomic E-state index is 0.259. The molecule has 27 heavy (non-hydrogen) atoms. The number of ether oxygens (including phenoxy) is 3. The van der Waals surface area contributed by atoms with E-state index in [1.54, 1.807) is 23.5 Å². The zero-order valence-corrected chi connectivity index (χ0v) is 17.0. The minimum Gasteiger partial charge on any atom is -0.507 e. The molecule has 0 aromatic heterocycles. The number of rotatable bonds is 8. The van der Waals surface area contributed by atoms with Gasteiger partial charge in [0.25, 0.3) is 0 Å². The van der Waals surface area contributed by atoms with Gasteiger partial charge >= 0.3 is 0 Å². The summed E-state index contributed by atoms with van der Waals surface area (Å²) in [6.45, 7) is 2.38. The Balaban J connectivity index is 1.74. The van der Waals surface area contributed by atoms with Crippen molar-refractivity contribution in [2.75, 3.05) is 38.9 Å². The summed E-state index contributed by atoms with van der Waals surface area (Å²) in [6.07, 6.45) is 4.33. The second kappa shape index (κ2) is 8.19. The lowest BCUT2D eigenvalue weighted by Gasteiger charge is -2.16. The molecule has 4 nitrogen and oxygen atoms in total. The van der Waals surface area contributed by atoms with E-state index in [0.29, 0.717) is 25.6 Å². The molecule has 1 atom stereocenters. The van der Waals surface area contributed by atoms with E-state index in [1.165, 1.54) is 0 Å². The van der Waals surface area contributed by atoms with E-state index in [4.69, 9.17) is 14.2 Å². The number of hydrogen-bond acceptors (Lipinski definition) is 6. The molecule has 0 bridgehead atoms. The van der Waals surface area contributed by atoms with Crippen molar-refractivity contribution in [3.8, 4) is 11.5 Å². The second-order valence-electron chi connectivity index (χ2n) is 6.38. The lowest BCUT2D eigenvalue weighted by Crippen LogP contribution is -2.10. The van der Waals surface area contributed by atoms with Crippen LogP contribution in [0.4, 0.5) is 0 Å². The zero-order chi connectivity index (χ0) is 18.8. The molecule has 1 aliphatic heterocycles. The van der Waals surface area contributed by atoms with Crippen molar-refractivity contribution < 1.29 is 19.3 Å². The number of benzene rings is 3. The third kappa shape index (κ3) is 3.99. The molecule has 142 valence electrons. The first-order valence-electron chi connectivity index (χ1n) is 8.84. The molecule has 3 aromatic rings. The van der Waals surface area contributed by atoms with E-state index in [1.807, 2.05) is 36.8 Å². The molecule has 0 radical (unpaired) electrons. The highest BCUT2D eigenvalue weighted by atomic mass is 32.2. The van der Waals surface area contributed by atoms with Crippen molar-refractivity contribution in [1.29, 1.82) is 0 Å². The Morgan fingerprint density at radius 3 is 2.30 bits per heavy atom. The van der Waals surface area contributed by atoms with Gasteiger partial charge in [-0.25, -0.2) is 0 Å². The smallest absolute Gasteiger partial charge is 0.135 e. The van der Waals surface area contributed by atoms with E-state index in [-0.39, 0.29) is 6.10 Å². The molecule has 1 heterocycles. The van der Waals surface area contributed by atoms with E-state index in [0.717, 1.165) is 43.7 Å². The van der Waals surface area contributed by atoms with Crippen molar-refractivity contribution in [2.45, 2.75) is 15.9 Å². The molecule has 1 fully saturated rings. The fourth-order valence-electron chi connectivity index (χ4n) is 3.12. The molecule has 0 amide bonds. The molecule has 1 saturated heterocycles. The largest absolute Gasteiger partial charge is 0.507 e. The van der Waals surface area contributed by atoms with Crippen LogP contribution in [0.5, 0.6) is 11.5 Å². The zero-order valence-electron chi connectivity index (χ0n) is 15.4. The van der Waals surface area contributed by atoms with Crippen LogP contribution in [0.2, 0.25) is 0 Å². The number of thioether (sulfide) groups is 2. The molecule has 1 N–H and O–H groups in total. The van der Waals surface area contributed by atoms with Crippen LogP contribution in [0.25, 0.3) is 21.5 Å². The maximum absolute atomic E-state index is 10.9. The Bertz CT molecular complexity index is 969. The normalized spacial score (nSPS) is 16.1. The third-order valence-electron chi connectivity index (χ3n) is 4.63. The van der Waals surface area contributed by atoms with Crippen LogP contribution in [0.15, 0.2) is 46.2 Å². The second-order valence-corrected chi connectivity index (χ2v) is 8.14. The quantitative estimate of drug-likeness (QED) is 0.249. The van der Waals surface area contributed by atoms with Gasteiger partial charge in [-0.2, -0.15) is 0 Å². The SMILES string of the molecule is CSc1ccc2c(OCCOCC3CO3)c3cc(SC)ccc3c(O)c2c1. The van der Waals surface area contributed by atoms with Crippen LogP contribution >= 0.6 is 23.5 Å². The number of phenolic OH excluding ortho intramolecular Hbond substituents is 1. The van der Waals surface area contributed by atoms with Gasteiger partial charge in [-0.15, -0.1) is 23.5 Å². The summed E-state index contributed by atoms with van der Waals surface area (Å²) in [5, 5.41) is 14.3. The van der Waals surface area contributed by atoms with E-state index in [9.17, 15) is 5.11 Å². The summed E-state index contributed by atoms with van der Waals surface area (Å²) in [7, 11) is 0. The van der Waals surface area contributed by atoms with Gasteiger partial charge in [-0.05, 0) is 48.9 Å². The fraction of sp³-hybridized carbons (Fsp3) is 0.333. The average Bonchev–Trinajstić information content (AvgIpc) is 3.53. The molecule has 6 heteroatoms. The summed E-state index contributed by atoms with van der Waals surface area (Å²) in [5.74, 6) is 1.10. The van der Waals surface area contributed by atoms with Gasteiger partial charge in [-0.1, -0.05) is 0 Å². The van der Waals surface area contributed by atoms with E-state index >= 15 is 0 Å². The first-order valence-corrected chi connectivity index (χ1v) is 11.3. The van der Waals surface area contributed by atoms with Gasteiger partial charge in [0.05, 0.1) is 19.8 Å². The van der Waals surface area contributed by atoms with E-state index in [2.05, 4.69) is 12.1 Å². The molecule has 1 aliphatic rings. The van der Waals surface area contributed by atoms with Crippen molar-refractivity contribution in [3.05, 3.63) is 36.4 Å². The Kier molecular flexibility index (Phi) is 5.68. The third-order valence-corrected chi connectivity index (χ3v) is 6.08.